The lowest BCUT2D eigenvalue weighted by atomic mass is 10.2. The summed E-state index contributed by atoms with van der Waals surface area (Å²) in [5, 5.41) is 9.53. The van der Waals surface area contributed by atoms with Crippen LogP contribution in [-0.2, 0) is 4.79 Å². The summed E-state index contributed by atoms with van der Waals surface area (Å²) in [7, 11) is 1.33. The molecule has 0 radical (unpaired) electrons. The Morgan fingerprint density at radius 1 is 1.55 bits per heavy atom. The summed E-state index contributed by atoms with van der Waals surface area (Å²) in [5.41, 5.74) is 0.477. The number of carbonyl (C=O) groups is 1. The van der Waals surface area contributed by atoms with E-state index in [4.69, 9.17) is 9.84 Å². The van der Waals surface area contributed by atoms with E-state index in [1.807, 2.05) is 0 Å². The topological polar surface area (TPSA) is 74.7 Å². The van der Waals surface area contributed by atoms with Crippen LogP contribution in [0, 0.1) is 0 Å². The van der Waals surface area contributed by atoms with Gasteiger partial charge in [-0.3, -0.25) is 5.01 Å². The van der Waals surface area contributed by atoms with Gasteiger partial charge < -0.3 is 9.84 Å². The van der Waals surface area contributed by atoms with Crippen LogP contribution in [0.1, 0.15) is 0 Å². The van der Waals surface area contributed by atoms with Crippen LogP contribution in [0.25, 0.3) is 0 Å². The molecular formula is C11H10F3N3O3. The van der Waals surface area contributed by atoms with Crippen molar-refractivity contribution in [3.05, 3.63) is 29.6 Å². The number of ether oxygens (including phenoxy) is 1. The van der Waals surface area contributed by atoms with E-state index in [-0.39, 0.29) is 11.6 Å². The van der Waals surface area contributed by atoms with E-state index < -0.39 is 30.0 Å². The van der Waals surface area contributed by atoms with Crippen molar-refractivity contribution < 1.29 is 27.8 Å². The largest absolute Gasteiger partial charge is 0.481 e. The molecule has 2 N–H and O–H groups in total. The van der Waals surface area contributed by atoms with Crippen molar-refractivity contribution in [3.8, 4) is 5.88 Å². The van der Waals surface area contributed by atoms with Crippen molar-refractivity contribution in [2.45, 2.75) is 6.18 Å². The van der Waals surface area contributed by atoms with Gasteiger partial charge in [-0.1, -0.05) is 0 Å². The lowest BCUT2D eigenvalue weighted by Gasteiger charge is -2.23. The van der Waals surface area contributed by atoms with E-state index >= 15 is 0 Å². The number of aliphatic carboxylic acids is 1. The molecule has 0 fully saturated rings. The number of alkyl halides is 3. The van der Waals surface area contributed by atoms with Crippen molar-refractivity contribution in [1.82, 2.24) is 10.4 Å². The quantitative estimate of drug-likeness (QED) is 0.874. The molecule has 1 aliphatic heterocycles. The molecule has 0 atom stereocenters. The summed E-state index contributed by atoms with van der Waals surface area (Å²) < 4.78 is 43.9. The van der Waals surface area contributed by atoms with Gasteiger partial charge in [0.2, 0.25) is 5.88 Å². The fourth-order valence-corrected chi connectivity index (χ4v) is 1.80. The van der Waals surface area contributed by atoms with E-state index in [1.165, 1.54) is 25.4 Å². The molecule has 20 heavy (non-hydrogen) atoms. The van der Waals surface area contributed by atoms with Gasteiger partial charge in [0.1, 0.15) is 0 Å². The first-order chi connectivity index (χ1) is 9.34. The third-order valence-corrected chi connectivity index (χ3v) is 2.64. The SMILES string of the molecule is COc1cc(N2NCC(C(=O)O)=C2C(F)(F)F)ccn1. The normalized spacial score (nSPS) is 15.7. The standard InChI is InChI=1S/C11H10F3N3O3/c1-20-8-4-6(2-3-15-8)17-9(11(12,13)14)7(5-16-17)10(18)19/h2-4,16H,5H2,1H3,(H,18,19). The molecule has 0 unspecified atom stereocenters. The lowest BCUT2D eigenvalue weighted by Crippen LogP contribution is -2.36. The molecule has 0 amide bonds. The van der Waals surface area contributed by atoms with Crippen LogP contribution >= 0.6 is 0 Å². The van der Waals surface area contributed by atoms with E-state index in [9.17, 15) is 18.0 Å². The fraction of sp³-hybridized carbons (Fsp3) is 0.273. The van der Waals surface area contributed by atoms with Gasteiger partial charge in [-0.2, -0.15) is 13.2 Å². The maximum absolute atomic E-state index is 13.0. The predicted octanol–water partition coefficient (Wildman–Crippen LogP) is 1.32. The number of halogens is 3. The van der Waals surface area contributed by atoms with Gasteiger partial charge in [-0.25, -0.2) is 15.2 Å². The first-order valence-electron chi connectivity index (χ1n) is 5.42. The Balaban J connectivity index is 2.49. The second-order valence-electron chi connectivity index (χ2n) is 3.86. The van der Waals surface area contributed by atoms with Gasteiger partial charge in [-0.15, -0.1) is 0 Å². The number of nitrogens with one attached hydrogen (secondary N) is 1. The number of hydrazine groups is 1. The molecule has 0 saturated carbocycles. The molecule has 9 heteroatoms. The molecule has 0 spiro atoms. The molecule has 0 saturated heterocycles. The molecule has 6 nitrogen and oxygen atoms in total. The molecule has 1 aromatic rings. The summed E-state index contributed by atoms with van der Waals surface area (Å²) in [6.07, 6.45) is -3.53. The second-order valence-corrected chi connectivity index (χ2v) is 3.86. The molecule has 2 heterocycles. The van der Waals surface area contributed by atoms with Crippen LogP contribution in [0.4, 0.5) is 18.9 Å². The number of anilines is 1. The van der Waals surface area contributed by atoms with Crippen LogP contribution in [0.2, 0.25) is 0 Å². The zero-order valence-corrected chi connectivity index (χ0v) is 10.2. The molecule has 0 bridgehead atoms. The number of pyridine rings is 1. The van der Waals surface area contributed by atoms with Crippen molar-refractivity contribution in [3.63, 3.8) is 0 Å². The Labute approximate surface area is 111 Å². The van der Waals surface area contributed by atoms with Crippen molar-refractivity contribution in [2.24, 2.45) is 0 Å². The van der Waals surface area contributed by atoms with E-state index in [2.05, 4.69) is 10.4 Å². The van der Waals surface area contributed by atoms with Gasteiger partial charge >= 0.3 is 12.1 Å². The fourth-order valence-electron chi connectivity index (χ4n) is 1.80. The maximum atomic E-state index is 13.0. The summed E-state index contributed by atoms with van der Waals surface area (Å²) >= 11 is 0. The van der Waals surface area contributed by atoms with Crippen molar-refractivity contribution >= 4 is 11.7 Å². The number of carboxylic acid groups (broad SMARTS) is 1. The Morgan fingerprint density at radius 3 is 2.80 bits per heavy atom. The Kier molecular flexibility index (Phi) is 3.53. The Morgan fingerprint density at radius 2 is 2.25 bits per heavy atom. The van der Waals surface area contributed by atoms with Crippen LogP contribution < -0.4 is 15.2 Å². The third-order valence-electron chi connectivity index (χ3n) is 2.64. The second kappa shape index (κ2) is 5.00. The summed E-state index contributed by atoms with van der Waals surface area (Å²) in [6.45, 7) is -0.422. The highest BCUT2D eigenvalue weighted by atomic mass is 19.4. The van der Waals surface area contributed by atoms with Crippen molar-refractivity contribution in [1.29, 1.82) is 0 Å². The Hall–Kier alpha value is -2.29. The minimum Gasteiger partial charge on any atom is -0.481 e. The smallest absolute Gasteiger partial charge is 0.433 e. The minimum atomic E-state index is -4.80. The molecule has 0 aliphatic carbocycles. The van der Waals surface area contributed by atoms with Gasteiger partial charge in [0.25, 0.3) is 0 Å². The average Bonchev–Trinajstić information content (AvgIpc) is 2.83. The molecule has 1 aromatic heterocycles. The van der Waals surface area contributed by atoms with E-state index in [0.717, 1.165) is 0 Å². The van der Waals surface area contributed by atoms with E-state index in [1.54, 1.807) is 0 Å². The Bertz CT molecular complexity index is 572. The van der Waals surface area contributed by atoms with Crippen LogP contribution in [-0.4, -0.2) is 35.9 Å². The molecular weight excluding hydrogens is 279 g/mol. The maximum Gasteiger partial charge on any atom is 0.433 e. The first kappa shape index (κ1) is 14.1. The van der Waals surface area contributed by atoms with Crippen LogP contribution in [0.15, 0.2) is 29.6 Å². The zero-order chi connectivity index (χ0) is 14.9. The highest BCUT2D eigenvalue weighted by molar-refractivity contribution is 5.90. The molecule has 1 aliphatic rings. The first-order valence-corrected chi connectivity index (χ1v) is 5.42. The summed E-state index contributed by atoms with van der Waals surface area (Å²) in [6, 6.07) is 2.58. The van der Waals surface area contributed by atoms with Gasteiger partial charge in [0, 0.05) is 18.8 Å². The van der Waals surface area contributed by atoms with Gasteiger partial charge in [0.05, 0.1) is 18.4 Å². The average molecular weight is 289 g/mol. The van der Waals surface area contributed by atoms with Gasteiger partial charge in [-0.05, 0) is 6.07 Å². The number of aromatic nitrogens is 1. The molecule has 0 aromatic carbocycles. The van der Waals surface area contributed by atoms with Crippen LogP contribution in [0.5, 0.6) is 5.88 Å². The minimum absolute atomic E-state index is 0.0837. The number of hydrogen-bond donors (Lipinski definition) is 2. The third kappa shape index (κ3) is 2.52. The monoisotopic (exact) mass is 289 g/mol. The van der Waals surface area contributed by atoms with E-state index in [0.29, 0.717) is 5.01 Å². The number of allylic oxidation sites excluding steroid dienone is 1. The molecule has 2 rings (SSSR count). The lowest BCUT2D eigenvalue weighted by molar-refractivity contribution is -0.133. The number of hydrogen-bond acceptors (Lipinski definition) is 5. The van der Waals surface area contributed by atoms with Crippen molar-refractivity contribution in [2.75, 3.05) is 18.7 Å². The zero-order valence-electron chi connectivity index (χ0n) is 10.2. The summed E-state index contributed by atoms with van der Waals surface area (Å²) in [5.74, 6) is -1.50. The highest BCUT2D eigenvalue weighted by Crippen LogP contribution is 2.36. The number of rotatable bonds is 3. The highest BCUT2D eigenvalue weighted by Gasteiger charge is 2.45. The number of methoxy groups -OCH3 is 1. The predicted molar refractivity (Wildman–Crippen MR) is 62.0 cm³/mol. The summed E-state index contributed by atoms with van der Waals surface area (Å²) in [4.78, 5) is 14.7. The number of nitrogens with zero attached hydrogens (tertiary/aromatic N) is 2. The van der Waals surface area contributed by atoms with Gasteiger partial charge in [0.15, 0.2) is 5.70 Å². The molecule has 108 valence electrons. The van der Waals surface area contributed by atoms with Crippen LogP contribution in [0.3, 0.4) is 0 Å². The number of carboxylic acids is 1.